The van der Waals surface area contributed by atoms with Crippen molar-refractivity contribution in [2.75, 3.05) is 40.4 Å². The van der Waals surface area contributed by atoms with Crippen LogP contribution in [0.15, 0.2) is 24.3 Å². The highest BCUT2D eigenvalue weighted by atomic mass is 16.5. The molecule has 1 saturated heterocycles. The number of piperazine rings is 1. The van der Waals surface area contributed by atoms with Gasteiger partial charge in [-0.15, -0.1) is 0 Å². The molecule has 0 aromatic heterocycles. The van der Waals surface area contributed by atoms with E-state index in [9.17, 15) is 4.79 Å². The van der Waals surface area contributed by atoms with Crippen molar-refractivity contribution in [3.8, 4) is 5.75 Å². The highest BCUT2D eigenvalue weighted by Crippen LogP contribution is 2.31. The van der Waals surface area contributed by atoms with Gasteiger partial charge in [-0.25, -0.2) is 0 Å². The van der Waals surface area contributed by atoms with E-state index < -0.39 is 5.41 Å². The molecule has 2 rings (SSSR count). The largest absolute Gasteiger partial charge is 0.496 e. The number of methoxy groups -OCH3 is 2. The third-order valence-electron chi connectivity index (χ3n) is 4.61. The summed E-state index contributed by atoms with van der Waals surface area (Å²) in [6, 6.07) is 8.41. The van der Waals surface area contributed by atoms with Gasteiger partial charge in [-0.3, -0.25) is 9.69 Å². The lowest BCUT2D eigenvalue weighted by molar-refractivity contribution is -0.151. The number of ether oxygens (including phenoxy) is 2. The number of nitrogens with zero attached hydrogens (tertiary/aromatic N) is 1. The number of hydrogen-bond donors (Lipinski definition) is 1. The molecule has 1 unspecified atom stereocenters. The van der Waals surface area contributed by atoms with E-state index in [2.05, 4.69) is 16.3 Å². The van der Waals surface area contributed by atoms with E-state index in [1.807, 2.05) is 32.0 Å². The topological polar surface area (TPSA) is 50.8 Å². The molecule has 0 saturated carbocycles. The lowest BCUT2D eigenvalue weighted by Crippen LogP contribution is -2.47. The molecule has 1 aromatic rings. The predicted molar refractivity (Wildman–Crippen MR) is 90.6 cm³/mol. The average molecular weight is 320 g/mol. The molecule has 1 heterocycles. The molecular formula is C18H28N2O3. The normalized spacial score (nSPS) is 19.4. The second kappa shape index (κ2) is 7.79. The Morgan fingerprint density at radius 1 is 1.35 bits per heavy atom. The fourth-order valence-corrected chi connectivity index (χ4v) is 3.06. The van der Waals surface area contributed by atoms with Gasteiger partial charge in [-0.05, 0) is 32.9 Å². The molecular weight excluding hydrogens is 292 g/mol. The maximum absolute atomic E-state index is 11.9. The summed E-state index contributed by atoms with van der Waals surface area (Å²) in [6.07, 6.45) is 0.769. The lowest BCUT2D eigenvalue weighted by atomic mass is 9.88. The summed E-state index contributed by atoms with van der Waals surface area (Å²) in [5, 5.41) is 3.46. The van der Waals surface area contributed by atoms with E-state index in [1.165, 1.54) is 12.7 Å². The zero-order chi connectivity index (χ0) is 16.9. The molecule has 1 fully saturated rings. The zero-order valence-electron chi connectivity index (χ0n) is 14.6. The van der Waals surface area contributed by atoms with Crippen molar-refractivity contribution in [3.63, 3.8) is 0 Å². The van der Waals surface area contributed by atoms with Gasteiger partial charge in [0.15, 0.2) is 0 Å². The smallest absolute Gasteiger partial charge is 0.311 e. The monoisotopic (exact) mass is 320 g/mol. The molecule has 1 N–H and O–H groups in total. The fourth-order valence-electron chi connectivity index (χ4n) is 3.06. The molecule has 0 spiro atoms. The summed E-state index contributed by atoms with van der Waals surface area (Å²) >= 11 is 0. The van der Waals surface area contributed by atoms with Crippen LogP contribution < -0.4 is 10.1 Å². The van der Waals surface area contributed by atoms with Crippen LogP contribution in [0.3, 0.4) is 0 Å². The Kier molecular flexibility index (Phi) is 6.02. The van der Waals surface area contributed by atoms with Crippen molar-refractivity contribution in [2.45, 2.75) is 26.3 Å². The average Bonchev–Trinajstić information content (AvgIpc) is 2.59. The molecule has 1 atom stereocenters. The third kappa shape index (κ3) is 4.24. The fraction of sp³-hybridized carbons (Fsp3) is 0.611. The van der Waals surface area contributed by atoms with Crippen LogP contribution in [0.5, 0.6) is 5.75 Å². The Hall–Kier alpha value is -1.59. The van der Waals surface area contributed by atoms with Crippen LogP contribution in [0.25, 0.3) is 0 Å². The number of benzene rings is 1. The first-order valence-electron chi connectivity index (χ1n) is 8.15. The molecule has 5 nitrogen and oxygen atoms in total. The summed E-state index contributed by atoms with van der Waals surface area (Å²) in [5.74, 6) is 0.764. The van der Waals surface area contributed by atoms with Gasteiger partial charge in [0.25, 0.3) is 0 Å². The van der Waals surface area contributed by atoms with Crippen molar-refractivity contribution in [2.24, 2.45) is 5.41 Å². The van der Waals surface area contributed by atoms with E-state index in [4.69, 9.17) is 9.47 Å². The van der Waals surface area contributed by atoms with Gasteiger partial charge in [0.05, 0.1) is 25.7 Å². The standard InChI is InChI=1S/C18H28N2O3/c1-18(2,17(21)23-4)9-11-20-12-10-19-13-15(20)14-7-5-6-8-16(14)22-3/h5-8,15,19H,9-13H2,1-4H3. The van der Waals surface area contributed by atoms with E-state index in [-0.39, 0.29) is 12.0 Å². The Balaban J connectivity index is 2.11. The summed E-state index contributed by atoms with van der Waals surface area (Å²) in [7, 11) is 3.16. The van der Waals surface area contributed by atoms with Crippen molar-refractivity contribution in [1.29, 1.82) is 0 Å². The molecule has 5 heteroatoms. The highest BCUT2D eigenvalue weighted by molar-refractivity contribution is 5.75. The third-order valence-corrected chi connectivity index (χ3v) is 4.61. The molecule has 1 aromatic carbocycles. The van der Waals surface area contributed by atoms with Crippen LogP contribution in [0.1, 0.15) is 31.9 Å². The Labute approximate surface area is 139 Å². The lowest BCUT2D eigenvalue weighted by Gasteiger charge is -2.38. The summed E-state index contributed by atoms with van der Waals surface area (Å²) in [6.45, 7) is 7.55. The van der Waals surface area contributed by atoms with Crippen LogP contribution in [0.4, 0.5) is 0 Å². The minimum absolute atomic E-state index is 0.151. The maximum atomic E-state index is 11.9. The summed E-state index contributed by atoms with van der Waals surface area (Å²) < 4.78 is 10.4. The first-order valence-corrected chi connectivity index (χ1v) is 8.15. The Morgan fingerprint density at radius 2 is 2.09 bits per heavy atom. The van der Waals surface area contributed by atoms with Gasteiger partial charge in [0.1, 0.15) is 5.75 Å². The SMILES string of the molecule is COC(=O)C(C)(C)CCN1CCNCC1c1ccccc1OC. The van der Waals surface area contributed by atoms with Crippen molar-refractivity contribution < 1.29 is 14.3 Å². The van der Waals surface area contributed by atoms with E-state index in [0.717, 1.165) is 38.3 Å². The van der Waals surface area contributed by atoms with Crippen LogP contribution in [-0.2, 0) is 9.53 Å². The van der Waals surface area contributed by atoms with Crippen LogP contribution in [0, 0.1) is 5.41 Å². The van der Waals surface area contributed by atoms with E-state index >= 15 is 0 Å². The maximum Gasteiger partial charge on any atom is 0.311 e. The number of nitrogens with one attached hydrogen (secondary N) is 1. The molecule has 0 amide bonds. The second-order valence-electron chi connectivity index (χ2n) is 6.62. The number of rotatable bonds is 6. The second-order valence-corrected chi connectivity index (χ2v) is 6.62. The first kappa shape index (κ1) is 17.8. The number of carbonyl (C=O) groups excluding carboxylic acids is 1. The minimum Gasteiger partial charge on any atom is -0.496 e. The molecule has 0 radical (unpaired) electrons. The first-order chi connectivity index (χ1) is 11.0. The highest BCUT2D eigenvalue weighted by Gasteiger charge is 2.32. The molecule has 0 bridgehead atoms. The Morgan fingerprint density at radius 3 is 2.78 bits per heavy atom. The van der Waals surface area contributed by atoms with Gasteiger partial charge in [-0.2, -0.15) is 0 Å². The molecule has 0 aliphatic carbocycles. The van der Waals surface area contributed by atoms with Crippen molar-refractivity contribution in [1.82, 2.24) is 10.2 Å². The number of carbonyl (C=O) groups is 1. The molecule has 128 valence electrons. The van der Waals surface area contributed by atoms with Gasteiger partial charge in [-0.1, -0.05) is 18.2 Å². The zero-order valence-corrected chi connectivity index (χ0v) is 14.6. The Bertz CT molecular complexity index is 531. The summed E-state index contributed by atoms with van der Waals surface area (Å²) in [5.41, 5.74) is 0.725. The number of para-hydroxylation sites is 1. The van der Waals surface area contributed by atoms with Gasteiger partial charge in [0, 0.05) is 25.2 Å². The van der Waals surface area contributed by atoms with Crippen LogP contribution in [0.2, 0.25) is 0 Å². The summed E-state index contributed by atoms with van der Waals surface area (Å²) in [4.78, 5) is 14.3. The molecule has 23 heavy (non-hydrogen) atoms. The van der Waals surface area contributed by atoms with Crippen LogP contribution in [-0.4, -0.2) is 51.3 Å². The van der Waals surface area contributed by atoms with Gasteiger partial charge < -0.3 is 14.8 Å². The van der Waals surface area contributed by atoms with Crippen molar-refractivity contribution in [3.05, 3.63) is 29.8 Å². The number of esters is 1. The molecule has 1 aliphatic heterocycles. The van der Waals surface area contributed by atoms with Crippen LogP contribution >= 0.6 is 0 Å². The predicted octanol–water partition coefficient (Wildman–Crippen LogP) is 2.23. The van der Waals surface area contributed by atoms with E-state index in [0.29, 0.717) is 0 Å². The minimum atomic E-state index is -0.467. The number of hydrogen-bond acceptors (Lipinski definition) is 5. The molecule has 1 aliphatic rings. The van der Waals surface area contributed by atoms with Gasteiger partial charge >= 0.3 is 5.97 Å². The quantitative estimate of drug-likeness (QED) is 0.815. The van der Waals surface area contributed by atoms with Gasteiger partial charge in [0.2, 0.25) is 0 Å². The van der Waals surface area contributed by atoms with E-state index in [1.54, 1.807) is 7.11 Å². The van der Waals surface area contributed by atoms with Crippen molar-refractivity contribution >= 4 is 5.97 Å².